The summed E-state index contributed by atoms with van der Waals surface area (Å²) in [6.07, 6.45) is 3.16. The molecule has 5 rings (SSSR count). The molecule has 0 spiro atoms. The summed E-state index contributed by atoms with van der Waals surface area (Å²) in [6, 6.07) is 22.0. The van der Waals surface area contributed by atoms with E-state index in [1.54, 1.807) is 12.1 Å². The molecule has 0 aliphatic carbocycles. The largest absolute Gasteiger partial charge is 0.493 e. The van der Waals surface area contributed by atoms with Crippen LogP contribution < -0.4 is 10.1 Å². The number of hydrogen-bond donors (Lipinski definition) is 2. The van der Waals surface area contributed by atoms with Crippen LogP contribution in [0.15, 0.2) is 79.6 Å². The Labute approximate surface area is 227 Å². The molecule has 2 N–H and O–H groups in total. The Bertz CT molecular complexity index is 1430. The summed E-state index contributed by atoms with van der Waals surface area (Å²) in [5.74, 6) is -0.0752. The van der Waals surface area contributed by atoms with Gasteiger partial charge in [0, 0.05) is 42.3 Å². The smallest absolute Gasteiger partial charge is 0.335 e. The first-order valence-electron chi connectivity index (χ1n) is 13.1. The van der Waals surface area contributed by atoms with Crippen LogP contribution in [0.2, 0.25) is 0 Å². The highest BCUT2D eigenvalue weighted by molar-refractivity contribution is 6.16. The maximum Gasteiger partial charge on any atom is 0.335 e. The Kier molecular flexibility index (Phi) is 8.45. The van der Waals surface area contributed by atoms with E-state index in [1.165, 1.54) is 17.5 Å². The van der Waals surface area contributed by atoms with Gasteiger partial charge in [-0.1, -0.05) is 49.0 Å². The Morgan fingerprint density at radius 1 is 1.03 bits per heavy atom. The number of nitrogens with zero attached hydrogens (tertiary/aromatic N) is 3. The number of carboxylic acid groups (broad SMARTS) is 1. The third-order valence-corrected chi connectivity index (χ3v) is 6.77. The number of ether oxygens (including phenoxy) is 2. The maximum atomic E-state index is 11.8. The molecule has 1 aliphatic heterocycles. The van der Waals surface area contributed by atoms with Gasteiger partial charge in [0.05, 0.1) is 30.9 Å². The number of anilines is 2. The molecular formula is C31H32N4O4. The average molecular weight is 525 g/mol. The molecule has 200 valence electrons. The lowest BCUT2D eigenvalue weighted by Crippen LogP contribution is -2.37. The van der Waals surface area contributed by atoms with Crippen molar-refractivity contribution in [1.82, 2.24) is 14.9 Å². The topological polar surface area (TPSA) is 96.8 Å². The minimum absolute atomic E-state index is 0.0415. The maximum absolute atomic E-state index is 11.8. The van der Waals surface area contributed by atoms with Crippen LogP contribution in [-0.2, 0) is 16.0 Å². The Hall–Kier alpha value is -4.27. The van der Waals surface area contributed by atoms with Crippen molar-refractivity contribution in [3.63, 3.8) is 0 Å². The number of morpholine rings is 1. The molecule has 3 aromatic carbocycles. The van der Waals surface area contributed by atoms with E-state index in [0.717, 1.165) is 51.4 Å². The van der Waals surface area contributed by atoms with Crippen molar-refractivity contribution in [2.24, 2.45) is 0 Å². The first-order valence-corrected chi connectivity index (χ1v) is 13.1. The summed E-state index contributed by atoms with van der Waals surface area (Å²) in [7, 11) is 0. The molecule has 1 aliphatic rings. The van der Waals surface area contributed by atoms with E-state index in [9.17, 15) is 9.90 Å². The molecule has 1 aromatic heterocycles. The number of nitrogens with one attached hydrogen (secondary N) is 1. The fourth-order valence-electron chi connectivity index (χ4n) is 4.62. The van der Waals surface area contributed by atoms with Crippen LogP contribution in [0, 0.1) is 0 Å². The Morgan fingerprint density at radius 2 is 1.77 bits per heavy atom. The number of hydrogen-bond acceptors (Lipinski definition) is 7. The monoisotopic (exact) mass is 524 g/mol. The van der Waals surface area contributed by atoms with Crippen molar-refractivity contribution in [2.75, 3.05) is 44.8 Å². The number of rotatable bonds is 11. The zero-order chi connectivity index (χ0) is 27.0. The lowest BCUT2D eigenvalue weighted by atomic mass is 10.0. The van der Waals surface area contributed by atoms with Gasteiger partial charge in [-0.05, 0) is 42.2 Å². The van der Waals surface area contributed by atoms with Gasteiger partial charge >= 0.3 is 5.97 Å². The fourth-order valence-corrected chi connectivity index (χ4v) is 4.62. The molecular weight excluding hydrogens is 492 g/mol. The number of aromatic nitrogens is 2. The van der Waals surface area contributed by atoms with Crippen molar-refractivity contribution >= 4 is 34.0 Å². The van der Waals surface area contributed by atoms with Gasteiger partial charge in [-0.2, -0.15) is 0 Å². The molecule has 0 unspecified atom stereocenters. The summed E-state index contributed by atoms with van der Waals surface area (Å²) in [5.41, 5.74) is 4.35. The number of aliphatic carboxylic acids is 1. The van der Waals surface area contributed by atoms with Crippen molar-refractivity contribution in [3.8, 4) is 5.75 Å². The van der Waals surface area contributed by atoms with Gasteiger partial charge in [0.15, 0.2) is 0 Å². The van der Waals surface area contributed by atoms with Gasteiger partial charge in [0.25, 0.3) is 0 Å². The van der Waals surface area contributed by atoms with Crippen molar-refractivity contribution in [1.29, 1.82) is 0 Å². The molecule has 8 heteroatoms. The zero-order valence-corrected chi connectivity index (χ0v) is 21.8. The minimum atomic E-state index is -1.10. The van der Waals surface area contributed by atoms with Crippen LogP contribution in [0.25, 0.3) is 16.5 Å². The Morgan fingerprint density at radius 3 is 2.51 bits per heavy atom. The second kappa shape index (κ2) is 12.5. The van der Waals surface area contributed by atoms with E-state index in [2.05, 4.69) is 51.0 Å². The lowest BCUT2D eigenvalue weighted by Gasteiger charge is -2.26. The standard InChI is InChI=1S/C31H32N4O4/c1-22(31(36)37)26-19-27-28(20-29(26)39-15-5-12-35-13-16-38-17-14-35)32-21-33-30(27)34-25-10-8-24(9-11-25)18-23-6-3-2-4-7-23/h2-4,6-11,19-21H,1,5,12-18H2,(H,36,37)(H,32,33,34). The first-order chi connectivity index (χ1) is 19.1. The number of fused-ring (bicyclic) bond motifs is 1. The molecule has 0 amide bonds. The summed E-state index contributed by atoms with van der Waals surface area (Å²) < 4.78 is 11.5. The second-order valence-corrected chi connectivity index (χ2v) is 9.51. The predicted molar refractivity (Wildman–Crippen MR) is 153 cm³/mol. The first kappa shape index (κ1) is 26.3. The molecule has 0 saturated carbocycles. The third kappa shape index (κ3) is 6.79. The normalized spacial score (nSPS) is 13.7. The number of carboxylic acids is 1. The summed E-state index contributed by atoms with van der Waals surface area (Å²) >= 11 is 0. The highest BCUT2D eigenvalue weighted by Crippen LogP contribution is 2.33. The number of benzene rings is 3. The quantitative estimate of drug-likeness (QED) is 0.205. The van der Waals surface area contributed by atoms with E-state index in [-0.39, 0.29) is 5.57 Å². The van der Waals surface area contributed by atoms with Crippen molar-refractivity contribution in [2.45, 2.75) is 12.8 Å². The lowest BCUT2D eigenvalue weighted by molar-refractivity contribution is -0.130. The van der Waals surface area contributed by atoms with Crippen LogP contribution in [-0.4, -0.2) is 65.4 Å². The van der Waals surface area contributed by atoms with Gasteiger partial charge < -0.3 is 19.9 Å². The highest BCUT2D eigenvalue weighted by atomic mass is 16.5. The zero-order valence-electron chi connectivity index (χ0n) is 21.8. The van der Waals surface area contributed by atoms with E-state index in [1.807, 2.05) is 30.3 Å². The van der Waals surface area contributed by atoms with Crippen LogP contribution in [0.4, 0.5) is 11.5 Å². The molecule has 2 heterocycles. The summed E-state index contributed by atoms with van der Waals surface area (Å²) in [4.78, 5) is 23.0. The van der Waals surface area contributed by atoms with Crippen molar-refractivity contribution < 1.29 is 19.4 Å². The molecule has 39 heavy (non-hydrogen) atoms. The van der Waals surface area contributed by atoms with E-state index in [0.29, 0.717) is 34.6 Å². The van der Waals surface area contributed by atoms with Crippen LogP contribution in [0.1, 0.15) is 23.1 Å². The fraction of sp³-hybridized carbons (Fsp3) is 0.258. The Balaban J connectivity index is 1.33. The molecule has 4 aromatic rings. The van der Waals surface area contributed by atoms with Crippen LogP contribution in [0.3, 0.4) is 0 Å². The second-order valence-electron chi connectivity index (χ2n) is 9.51. The van der Waals surface area contributed by atoms with Gasteiger partial charge in [-0.15, -0.1) is 0 Å². The van der Waals surface area contributed by atoms with Crippen LogP contribution >= 0.6 is 0 Å². The molecule has 1 saturated heterocycles. The van der Waals surface area contributed by atoms with Crippen molar-refractivity contribution in [3.05, 3.63) is 96.3 Å². The van der Waals surface area contributed by atoms with E-state index < -0.39 is 5.97 Å². The van der Waals surface area contributed by atoms with Crippen LogP contribution in [0.5, 0.6) is 5.75 Å². The molecule has 0 bridgehead atoms. The van der Waals surface area contributed by atoms with Gasteiger partial charge in [-0.3, -0.25) is 4.90 Å². The van der Waals surface area contributed by atoms with Gasteiger partial charge in [0.2, 0.25) is 0 Å². The number of carbonyl (C=O) groups is 1. The minimum Gasteiger partial charge on any atom is -0.493 e. The molecule has 1 fully saturated rings. The van der Waals surface area contributed by atoms with E-state index >= 15 is 0 Å². The van der Waals surface area contributed by atoms with Gasteiger partial charge in [-0.25, -0.2) is 14.8 Å². The highest BCUT2D eigenvalue weighted by Gasteiger charge is 2.18. The van der Waals surface area contributed by atoms with Gasteiger partial charge in [0.1, 0.15) is 17.9 Å². The van der Waals surface area contributed by atoms with E-state index in [4.69, 9.17) is 9.47 Å². The third-order valence-electron chi connectivity index (χ3n) is 6.77. The molecule has 0 atom stereocenters. The predicted octanol–water partition coefficient (Wildman–Crippen LogP) is 5.16. The summed E-state index contributed by atoms with van der Waals surface area (Å²) in [6.45, 7) is 8.47. The molecule has 0 radical (unpaired) electrons. The molecule has 8 nitrogen and oxygen atoms in total. The average Bonchev–Trinajstić information content (AvgIpc) is 2.97. The summed E-state index contributed by atoms with van der Waals surface area (Å²) in [5, 5.41) is 13.7. The SMILES string of the molecule is C=C(C(=O)O)c1cc2c(Nc3ccc(Cc4ccccc4)cc3)ncnc2cc1OCCCN1CCOCC1.